The fourth-order valence-corrected chi connectivity index (χ4v) is 5.47. The number of carboxylic acid groups (broad SMARTS) is 1. The number of hydrogen-bond acceptors (Lipinski definition) is 6. The maximum absolute atomic E-state index is 13.3. The molecule has 3 aromatic rings. The lowest BCUT2D eigenvalue weighted by Gasteiger charge is -2.20. The lowest BCUT2D eigenvalue weighted by atomic mass is 9.93. The van der Waals surface area contributed by atoms with Crippen LogP contribution in [0.5, 0.6) is 0 Å². The van der Waals surface area contributed by atoms with Crippen molar-refractivity contribution in [3.63, 3.8) is 0 Å². The van der Waals surface area contributed by atoms with Crippen LogP contribution in [0.4, 0.5) is 0 Å². The molecule has 220 valence electrons. The molecule has 3 aromatic carbocycles. The van der Waals surface area contributed by atoms with Crippen molar-refractivity contribution in [2.75, 3.05) is 25.2 Å². The van der Waals surface area contributed by atoms with E-state index in [4.69, 9.17) is 9.47 Å². The van der Waals surface area contributed by atoms with E-state index in [0.717, 1.165) is 33.0 Å². The van der Waals surface area contributed by atoms with E-state index < -0.39 is 27.8 Å². The molecule has 10 heteroatoms. The number of sulfone groups is 1. The van der Waals surface area contributed by atoms with Crippen molar-refractivity contribution in [3.8, 4) is 11.1 Å². The molecule has 0 heterocycles. The Morgan fingerprint density at radius 1 is 1.00 bits per heavy atom. The van der Waals surface area contributed by atoms with Gasteiger partial charge in [0.05, 0.1) is 25.1 Å². The first-order valence-electron chi connectivity index (χ1n) is 13.3. The summed E-state index contributed by atoms with van der Waals surface area (Å²) in [6, 6.07) is 19.6. The van der Waals surface area contributed by atoms with Crippen molar-refractivity contribution >= 4 is 37.6 Å². The predicted molar refractivity (Wildman–Crippen MR) is 163 cm³/mol. The van der Waals surface area contributed by atoms with Crippen molar-refractivity contribution in [2.45, 2.75) is 45.4 Å². The van der Waals surface area contributed by atoms with Gasteiger partial charge >= 0.3 is 5.97 Å². The van der Waals surface area contributed by atoms with E-state index in [1.54, 1.807) is 12.1 Å². The highest BCUT2D eigenvalue weighted by Crippen LogP contribution is 2.29. The Kier molecular flexibility index (Phi) is 12.1. The number of aryl methyl sites for hydroxylation is 1. The lowest BCUT2D eigenvalue weighted by molar-refractivity contribution is -0.139. The zero-order valence-electron chi connectivity index (χ0n) is 23.4. The quantitative estimate of drug-likeness (QED) is 0.233. The van der Waals surface area contributed by atoms with E-state index in [0.29, 0.717) is 25.2 Å². The van der Waals surface area contributed by atoms with E-state index in [9.17, 15) is 23.1 Å². The maximum Gasteiger partial charge on any atom is 0.326 e. The SMILES string of the molecule is CCOC[C@@H](Cc1cccc(Br)c1)OCc1ccc(C(=O)N[C@@H](CCS(C)(=O)=O)C(=O)O)c(-c2ccccc2C)c1. The molecule has 0 spiro atoms. The highest BCUT2D eigenvalue weighted by atomic mass is 79.9. The van der Waals surface area contributed by atoms with Crippen molar-refractivity contribution in [1.82, 2.24) is 5.32 Å². The summed E-state index contributed by atoms with van der Waals surface area (Å²) in [6.07, 6.45) is 1.27. The van der Waals surface area contributed by atoms with Crippen LogP contribution in [0.3, 0.4) is 0 Å². The van der Waals surface area contributed by atoms with Gasteiger partial charge in [0.15, 0.2) is 0 Å². The van der Waals surface area contributed by atoms with Gasteiger partial charge in [-0.15, -0.1) is 0 Å². The van der Waals surface area contributed by atoms with Crippen LogP contribution in [0, 0.1) is 6.92 Å². The van der Waals surface area contributed by atoms with Gasteiger partial charge in [0.2, 0.25) is 0 Å². The second kappa shape index (κ2) is 15.3. The number of hydrogen-bond donors (Lipinski definition) is 2. The summed E-state index contributed by atoms with van der Waals surface area (Å²) in [7, 11) is -3.40. The molecule has 3 rings (SSSR count). The normalized spacial score (nSPS) is 13.0. The molecule has 0 unspecified atom stereocenters. The highest BCUT2D eigenvalue weighted by molar-refractivity contribution is 9.10. The Morgan fingerprint density at radius 3 is 2.41 bits per heavy atom. The number of nitrogens with one attached hydrogen (secondary N) is 1. The van der Waals surface area contributed by atoms with Crippen molar-refractivity contribution < 1.29 is 32.6 Å². The summed E-state index contributed by atoms with van der Waals surface area (Å²) < 4.78 is 36.1. The summed E-state index contributed by atoms with van der Waals surface area (Å²) in [5.41, 5.74) is 4.62. The standard InChI is InChI=1S/C31H36BrNO7S/c1-4-39-20-25(17-22-9-7-10-24(32)16-22)40-19-23-12-13-27(28(18-23)26-11-6-5-8-21(26)2)30(34)33-29(31(35)36)14-15-41(3,37)38/h5-13,16,18,25,29H,4,14-15,17,19-20H2,1-3H3,(H,33,34)(H,35,36)/t25-,29+/m1/s1. The van der Waals surface area contributed by atoms with Crippen LogP contribution in [0.1, 0.15) is 40.4 Å². The van der Waals surface area contributed by atoms with Gasteiger partial charge in [-0.25, -0.2) is 13.2 Å². The van der Waals surface area contributed by atoms with Crippen molar-refractivity contribution in [2.24, 2.45) is 0 Å². The molecule has 8 nitrogen and oxygen atoms in total. The highest BCUT2D eigenvalue weighted by Gasteiger charge is 2.24. The topological polar surface area (TPSA) is 119 Å². The molecule has 0 bridgehead atoms. The average Bonchev–Trinajstić information content (AvgIpc) is 2.92. The first kappa shape index (κ1) is 32.5. The smallest absolute Gasteiger partial charge is 0.326 e. The number of ether oxygens (including phenoxy) is 2. The van der Waals surface area contributed by atoms with Crippen LogP contribution in [-0.4, -0.2) is 62.8 Å². The first-order valence-corrected chi connectivity index (χ1v) is 16.2. The Labute approximate surface area is 250 Å². The number of amides is 1. The minimum absolute atomic E-state index is 0.194. The van der Waals surface area contributed by atoms with Gasteiger partial charge in [0.25, 0.3) is 5.91 Å². The van der Waals surface area contributed by atoms with Crippen LogP contribution >= 0.6 is 15.9 Å². The minimum atomic E-state index is -3.40. The average molecular weight is 647 g/mol. The van der Waals surface area contributed by atoms with Crippen LogP contribution < -0.4 is 5.32 Å². The van der Waals surface area contributed by atoms with Gasteiger partial charge < -0.3 is 19.9 Å². The van der Waals surface area contributed by atoms with Gasteiger partial charge in [0, 0.05) is 29.3 Å². The first-order chi connectivity index (χ1) is 19.5. The number of aliphatic carboxylic acids is 1. The van der Waals surface area contributed by atoms with Crippen molar-refractivity contribution in [1.29, 1.82) is 0 Å². The number of benzene rings is 3. The molecule has 2 N–H and O–H groups in total. The third-order valence-electron chi connectivity index (χ3n) is 6.49. The van der Waals surface area contributed by atoms with Gasteiger partial charge in [-0.1, -0.05) is 58.4 Å². The molecule has 0 aliphatic carbocycles. The van der Waals surface area contributed by atoms with Gasteiger partial charge in [-0.3, -0.25) is 4.79 Å². The number of carbonyl (C=O) groups is 2. The van der Waals surface area contributed by atoms with Crippen molar-refractivity contribution in [3.05, 3.63) is 93.5 Å². The molecule has 0 saturated heterocycles. The van der Waals surface area contributed by atoms with Gasteiger partial charge in [-0.05, 0) is 72.4 Å². The second-order valence-electron chi connectivity index (χ2n) is 9.90. The van der Waals surface area contributed by atoms with Gasteiger partial charge in [-0.2, -0.15) is 0 Å². The number of carbonyl (C=O) groups excluding carboxylic acids is 1. The zero-order valence-corrected chi connectivity index (χ0v) is 25.8. The molecule has 0 aliphatic rings. The Hall–Kier alpha value is -3.05. The minimum Gasteiger partial charge on any atom is -0.480 e. The number of halogens is 1. The molecule has 0 fully saturated rings. The summed E-state index contributed by atoms with van der Waals surface area (Å²) >= 11 is 3.51. The summed E-state index contributed by atoms with van der Waals surface area (Å²) in [6.45, 7) is 5.14. The molecule has 41 heavy (non-hydrogen) atoms. The fraction of sp³-hybridized carbons (Fsp3) is 0.355. The Balaban J connectivity index is 1.87. The van der Waals surface area contributed by atoms with Crippen LogP contribution in [0.25, 0.3) is 11.1 Å². The van der Waals surface area contributed by atoms with E-state index in [1.165, 1.54) is 0 Å². The zero-order chi connectivity index (χ0) is 30.0. The van der Waals surface area contributed by atoms with E-state index in [-0.39, 0.29) is 30.4 Å². The molecular formula is C31H36BrNO7S. The summed E-state index contributed by atoms with van der Waals surface area (Å²) in [5.74, 6) is -2.25. The third-order valence-corrected chi connectivity index (χ3v) is 7.96. The Bertz CT molecular complexity index is 1460. The van der Waals surface area contributed by atoms with E-state index in [2.05, 4.69) is 21.2 Å². The third kappa shape index (κ3) is 10.4. The number of carboxylic acids is 1. The summed E-state index contributed by atoms with van der Waals surface area (Å²) in [4.78, 5) is 25.1. The molecular weight excluding hydrogens is 610 g/mol. The maximum atomic E-state index is 13.3. The largest absolute Gasteiger partial charge is 0.480 e. The number of rotatable bonds is 15. The van der Waals surface area contributed by atoms with E-state index >= 15 is 0 Å². The Morgan fingerprint density at radius 2 is 1.76 bits per heavy atom. The fourth-order valence-electron chi connectivity index (χ4n) is 4.36. The molecule has 0 radical (unpaired) electrons. The molecule has 0 aliphatic heterocycles. The molecule has 0 aromatic heterocycles. The molecule has 0 saturated carbocycles. The van der Waals surface area contributed by atoms with Crippen LogP contribution in [-0.2, 0) is 37.1 Å². The van der Waals surface area contributed by atoms with E-state index in [1.807, 2.05) is 68.4 Å². The summed E-state index contributed by atoms with van der Waals surface area (Å²) in [5, 5.41) is 12.1. The van der Waals surface area contributed by atoms with Gasteiger partial charge in [0.1, 0.15) is 15.9 Å². The second-order valence-corrected chi connectivity index (χ2v) is 13.1. The monoisotopic (exact) mass is 645 g/mol. The van der Waals surface area contributed by atoms with Crippen LogP contribution in [0.15, 0.2) is 71.2 Å². The predicted octanol–water partition coefficient (Wildman–Crippen LogP) is 5.21. The lowest BCUT2D eigenvalue weighted by Crippen LogP contribution is -2.42. The molecule has 1 amide bonds. The molecule has 2 atom stereocenters. The van der Waals surface area contributed by atoms with Crippen LogP contribution in [0.2, 0.25) is 0 Å².